The van der Waals surface area contributed by atoms with E-state index in [1.165, 1.54) is 6.92 Å². The molecule has 0 saturated heterocycles. The first-order valence-corrected chi connectivity index (χ1v) is 34.7. The van der Waals surface area contributed by atoms with E-state index < -0.39 is 126 Å². The summed E-state index contributed by atoms with van der Waals surface area (Å²) in [5.41, 5.74) is 0.597. The number of anilines is 2. The van der Waals surface area contributed by atoms with E-state index in [1.54, 1.807) is 23.8 Å². The van der Waals surface area contributed by atoms with Gasteiger partial charge in [-0.25, -0.2) is 18.0 Å². The van der Waals surface area contributed by atoms with Crippen LogP contribution in [0.15, 0.2) is 102 Å². The van der Waals surface area contributed by atoms with Crippen molar-refractivity contribution in [2.24, 2.45) is 5.92 Å². The first kappa shape index (κ1) is 85.1. The zero-order chi connectivity index (χ0) is 75.0. The number of fused-ring (bicyclic) bond motifs is 1. The molecule has 5 aromatic carbocycles. The Balaban J connectivity index is 0.000000336. The standard InChI is InChI=1S/C19H15ClF3NO7.C15H22ClNO2.C14H13NO7S.C11H11Cl2NO2.C3H8NO5P/c1-3-29-17(25)10(2)30-18(26)13-9-12(5-6-15(13)24(27)28)31-16-7-4-11(8-14(16)20)19(21,22)23;1-5-13-8-6-7-11(2)15(13)17(14(18)9-16)12(3)10-19-4;1-23(21,22)8-5-6-9(10(7-8)15(19)20)14(18)13-11(16)3-2-4-12(13)17;1-7-6-16-9-5-3-2-4-8(9)14(7)11(15)10(12)13;5-3(6)1-4-2-10(7,8)9/h4-10H,3H2,1-2H3;6-8,12H,5,9-10H2,1-4H3;5-7,13H,2-4H2,1H3;2-5,7,10H,6H2,1H3;4H,1-2H2,(H,5,6)(H2,7,8,9). The van der Waals surface area contributed by atoms with E-state index >= 15 is 0 Å². The van der Waals surface area contributed by atoms with Gasteiger partial charge in [0.2, 0.25) is 5.91 Å². The van der Waals surface area contributed by atoms with Gasteiger partial charge in [0.1, 0.15) is 41.2 Å². The van der Waals surface area contributed by atoms with E-state index in [2.05, 4.69) is 18.3 Å². The van der Waals surface area contributed by atoms with Gasteiger partial charge in [-0.15, -0.1) is 11.6 Å². The van der Waals surface area contributed by atoms with E-state index in [0.717, 1.165) is 83.7 Å². The lowest BCUT2D eigenvalue weighted by Gasteiger charge is -2.35. The lowest BCUT2D eigenvalue weighted by molar-refractivity contribution is -0.385. The van der Waals surface area contributed by atoms with Crippen LogP contribution in [0.4, 0.5) is 35.9 Å². The van der Waals surface area contributed by atoms with Crippen molar-refractivity contribution in [3.63, 3.8) is 0 Å². The summed E-state index contributed by atoms with van der Waals surface area (Å²) in [6, 6.07) is 21.5. The number of rotatable bonds is 22. The number of nitro groups is 2. The van der Waals surface area contributed by atoms with Crippen LogP contribution < -0.4 is 24.6 Å². The Bertz CT molecular complexity index is 3920. The Hall–Kier alpha value is -8.17. The van der Waals surface area contributed by atoms with Crippen LogP contribution in [0.2, 0.25) is 5.02 Å². The molecule has 3 atom stereocenters. The third-order valence-electron chi connectivity index (χ3n) is 13.6. The van der Waals surface area contributed by atoms with E-state index in [9.17, 15) is 84.7 Å². The van der Waals surface area contributed by atoms with Gasteiger partial charge in [0.05, 0.1) is 80.4 Å². The summed E-state index contributed by atoms with van der Waals surface area (Å²) in [6.07, 6.45) is -4.29. The number of carbonyl (C=O) groups excluding carboxylic acids is 7. The SMILES string of the molecule is CC1COc2ccccc2N1C(=O)C(Cl)Cl.CCOC(=O)C(C)OC(=O)c1cc(Oc2ccc(C(F)(F)F)cc2Cl)ccc1[N+](=O)[O-].CCc1cccc(C)c1N(C(=O)CCl)C(C)COC.CS(=O)(=O)c1ccc(C(=O)C2C(=O)CCCC2=O)c([N+](=O)[O-])c1.O=C(O)CNCP(=O)(O)O. The number of carboxylic acids is 1. The first-order chi connectivity index (χ1) is 46.1. The minimum atomic E-state index is -4.61. The number of nitrogens with zero attached hydrogens (tertiary/aromatic N) is 4. The van der Waals surface area contributed by atoms with Crippen LogP contribution in [-0.4, -0.2) is 155 Å². The summed E-state index contributed by atoms with van der Waals surface area (Å²) in [5.74, 6) is -6.85. The number of nitro benzene ring substituents is 2. The molecule has 4 N–H and O–H groups in total. The van der Waals surface area contributed by atoms with Crippen LogP contribution in [0.1, 0.15) is 91.3 Å². The van der Waals surface area contributed by atoms with Crippen molar-refractivity contribution in [1.82, 2.24) is 5.32 Å². The minimum absolute atomic E-state index is 0.0223. The van der Waals surface area contributed by atoms with Gasteiger partial charge in [-0.2, -0.15) is 13.2 Å². The van der Waals surface area contributed by atoms with Crippen molar-refractivity contribution in [2.45, 2.75) is 101 Å². The van der Waals surface area contributed by atoms with Gasteiger partial charge >= 0.3 is 31.7 Å². The number of alkyl halides is 6. The van der Waals surface area contributed by atoms with Crippen LogP contribution >= 0.6 is 54.0 Å². The summed E-state index contributed by atoms with van der Waals surface area (Å²) in [5, 5.41) is 32.1. The van der Waals surface area contributed by atoms with Crippen LogP contribution in [-0.2, 0) is 70.0 Å². The molecule has 99 heavy (non-hydrogen) atoms. The lowest BCUT2D eigenvalue weighted by atomic mass is 9.81. The first-order valence-electron chi connectivity index (χ1n) is 29.2. The number of amides is 2. The number of hydrogen-bond acceptors (Lipinski definition) is 21. The summed E-state index contributed by atoms with van der Waals surface area (Å²) in [7, 11) is -6.16. The molecule has 540 valence electrons. The van der Waals surface area contributed by atoms with Crippen molar-refractivity contribution in [3.05, 3.63) is 150 Å². The van der Waals surface area contributed by atoms with Crippen LogP contribution in [0.5, 0.6) is 17.2 Å². The number of halogens is 7. The molecule has 37 heteroatoms. The Morgan fingerprint density at radius 3 is 2.04 bits per heavy atom. The molecule has 1 heterocycles. The van der Waals surface area contributed by atoms with Gasteiger partial charge < -0.3 is 48.4 Å². The number of Topliss-reactive ketones (excluding diaryl/α,β-unsaturated/α-hetero) is 3. The number of para-hydroxylation sites is 3. The Morgan fingerprint density at radius 1 is 0.889 bits per heavy atom. The van der Waals surface area contributed by atoms with Crippen molar-refractivity contribution in [1.29, 1.82) is 0 Å². The maximum absolute atomic E-state index is 12.8. The monoisotopic (exact) mass is 1510 g/mol. The van der Waals surface area contributed by atoms with Crippen molar-refractivity contribution >= 4 is 134 Å². The van der Waals surface area contributed by atoms with E-state index in [1.807, 2.05) is 57.2 Å². The number of methoxy groups -OCH3 is 1. The highest BCUT2D eigenvalue weighted by Gasteiger charge is 2.40. The average molecular weight is 1510 g/mol. The van der Waals surface area contributed by atoms with Gasteiger partial charge in [0.25, 0.3) is 17.3 Å². The minimum Gasteiger partial charge on any atom is -0.489 e. The largest absolute Gasteiger partial charge is 0.489 e. The Labute approximate surface area is 585 Å². The molecule has 3 unspecified atom stereocenters. The summed E-state index contributed by atoms with van der Waals surface area (Å²) >= 11 is 22.8. The quantitative estimate of drug-likeness (QED) is 0.00951. The molecule has 5 aromatic rings. The summed E-state index contributed by atoms with van der Waals surface area (Å²) in [4.78, 5) is 133. The zero-order valence-corrected chi connectivity index (χ0v) is 58.7. The number of aryl methyl sites for hydroxylation is 2. The topological polar surface area (TPSA) is 399 Å². The molecule has 1 fully saturated rings. The molecule has 1 saturated carbocycles. The third-order valence-corrected chi connectivity index (χ3v) is 16.3. The third kappa shape index (κ3) is 25.8. The Morgan fingerprint density at radius 2 is 1.52 bits per heavy atom. The van der Waals surface area contributed by atoms with Crippen LogP contribution in [0.3, 0.4) is 0 Å². The van der Waals surface area contributed by atoms with Gasteiger partial charge in [-0.05, 0) is 107 Å². The molecular formula is C62H69Cl4F3N5O23PS. The number of aliphatic carboxylic acids is 1. The van der Waals surface area contributed by atoms with Crippen molar-refractivity contribution in [2.75, 3.05) is 61.7 Å². The van der Waals surface area contributed by atoms with Gasteiger partial charge in [-0.1, -0.05) is 72.1 Å². The zero-order valence-electron chi connectivity index (χ0n) is 54.0. The predicted molar refractivity (Wildman–Crippen MR) is 356 cm³/mol. The normalized spacial score (nSPS) is 14.2. The molecule has 0 aromatic heterocycles. The van der Waals surface area contributed by atoms with Gasteiger partial charge in [0, 0.05) is 44.4 Å². The highest BCUT2D eigenvalue weighted by Crippen LogP contribution is 2.39. The molecular weight excluding hydrogens is 1440 g/mol. The van der Waals surface area contributed by atoms with E-state index in [0.29, 0.717) is 31.5 Å². The molecule has 0 spiro atoms. The maximum Gasteiger partial charge on any atom is 0.416 e. The molecule has 0 radical (unpaired) electrons. The number of esters is 2. The number of ether oxygens (including phenoxy) is 5. The second-order valence-corrected chi connectivity index (χ2v) is 26.6. The van der Waals surface area contributed by atoms with Gasteiger partial charge in [-0.3, -0.25) is 58.9 Å². The number of hydrogen-bond donors (Lipinski definition) is 4. The maximum atomic E-state index is 12.8. The Kier molecular flexibility index (Phi) is 33.5. The molecule has 2 aliphatic rings. The van der Waals surface area contributed by atoms with E-state index in [-0.39, 0.29) is 70.6 Å². The van der Waals surface area contributed by atoms with Crippen LogP contribution in [0, 0.1) is 33.1 Å². The molecule has 0 bridgehead atoms. The fourth-order valence-corrected chi connectivity index (χ4v) is 10.7. The molecule has 2 amide bonds. The smallest absolute Gasteiger partial charge is 0.416 e. The number of nitrogens with one attached hydrogen (secondary N) is 1. The number of ketones is 3. The molecule has 1 aliphatic carbocycles. The fourth-order valence-electron chi connectivity index (χ4n) is 9.15. The number of benzene rings is 5. The second-order valence-electron chi connectivity index (χ2n) is 21.2. The average Bonchev–Trinajstić information content (AvgIpc) is 0.826. The van der Waals surface area contributed by atoms with Crippen molar-refractivity contribution in [3.8, 4) is 17.2 Å². The summed E-state index contributed by atoms with van der Waals surface area (Å²) < 4.78 is 96.9. The van der Waals surface area contributed by atoms with Gasteiger partial charge in [0.15, 0.2) is 38.1 Å². The van der Waals surface area contributed by atoms with Crippen molar-refractivity contribution < 1.29 is 113 Å². The number of carbonyl (C=O) groups is 8. The van der Waals surface area contributed by atoms with Crippen LogP contribution in [0.25, 0.3) is 0 Å². The molecule has 28 nitrogen and oxygen atoms in total. The highest BCUT2D eigenvalue weighted by molar-refractivity contribution is 7.90. The number of carboxylic acid groups (broad SMARTS) is 1. The molecule has 7 rings (SSSR count). The highest BCUT2D eigenvalue weighted by atomic mass is 35.5. The lowest BCUT2D eigenvalue weighted by Crippen LogP contribution is -2.47. The number of sulfone groups is 1. The van der Waals surface area contributed by atoms with E-state index in [4.69, 9.17) is 85.0 Å². The molecule has 1 aliphatic heterocycles. The fraction of sp³-hybridized carbons (Fsp3) is 0.387. The predicted octanol–water partition coefficient (Wildman–Crippen LogP) is 10.9. The second kappa shape index (κ2) is 39.0. The summed E-state index contributed by atoms with van der Waals surface area (Å²) in [6.45, 7) is 11.3.